The van der Waals surface area contributed by atoms with Gasteiger partial charge in [-0.25, -0.2) is 9.59 Å². The van der Waals surface area contributed by atoms with Gasteiger partial charge in [-0.15, -0.1) is 0 Å². The van der Waals surface area contributed by atoms with Crippen LogP contribution in [0.5, 0.6) is 23.0 Å². The van der Waals surface area contributed by atoms with Crippen molar-refractivity contribution < 1.29 is 28.5 Å². The molecule has 0 N–H and O–H groups in total. The number of nitrogens with zero attached hydrogens (tertiary/aromatic N) is 3. The third-order valence-electron chi connectivity index (χ3n) is 12.7. The van der Waals surface area contributed by atoms with E-state index < -0.39 is 11.9 Å². The highest BCUT2D eigenvalue weighted by molar-refractivity contribution is 5.93. The summed E-state index contributed by atoms with van der Waals surface area (Å²) in [4.78, 5) is 35.5. The molecule has 0 heterocycles. The van der Waals surface area contributed by atoms with Crippen LogP contribution in [-0.2, 0) is 0 Å². The Hall–Kier alpha value is -6.53. The van der Waals surface area contributed by atoms with E-state index in [1.807, 2.05) is 54.6 Å². The summed E-state index contributed by atoms with van der Waals surface area (Å²) in [6.07, 6.45) is 35.1. The highest BCUT2D eigenvalue weighted by Gasteiger charge is 2.18. The minimum atomic E-state index is -0.671. The van der Waals surface area contributed by atoms with Gasteiger partial charge in [-0.1, -0.05) is 161 Å². The Labute approximate surface area is 431 Å². The molecular weight excluding hydrogens is 895 g/mol. The molecule has 0 saturated heterocycles. The molecule has 0 aliphatic heterocycles. The van der Waals surface area contributed by atoms with Gasteiger partial charge in [0.25, 0.3) is 0 Å². The number of hydrogen-bond donors (Lipinski definition) is 0. The fraction of sp³-hybridized carbons (Fsp3) is 0.444. The number of nitriles is 1. The molecule has 382 valence electrons. The summed E-state index contributed by atoms with van der Waals surface area (Å²) >= 11 is 0. The van der Waals surface area contributed by atoms with Crippen molar-refractivity contribution in [3.8, 4) is 29.1 Å². The Balaban J connectivity index is 0.981. The first-order valence-corrected chi connectivity index (χ1v) is 27.2. The molecule has 9 heteroatoms. The lowest BCUT2D eigenvalue weighted by atomic mass is 10.1. The SMILES string of the molecule is CCCCCCCCCCCCCCOc1ccc(C=Nc2ccc(C(=O)Oc3cccc(OC(=O)c4ccc(N=Cc5ccc(OCCCCCCCCCCCCCC)cc5)cc4)c3C#N)cc2)cc1. The van der Waals surface area contributed by atoms with Gasteiger partial charge < -0.3 is 18.9 Å². The Morgan fingerprint density at radius 1 is 0.431 bits per heavy atom. The molecule has 0 saturated carbocycles. The normalized spacial score (nSPS) is 11.2. The molecule has 0 bridgehead atoms. The van der Waals surface area contributed by atoms with Crippen LogP contribution in [0.15, 0.2) is 125 Å². The predicted molar refractivity (Wildman–Crippen MR) is 294 cm³/mol. The lowest BCUT2D eigenvalue weighted by Gasteiger charge is -2.10. The number of benzene rings is 5. The maximum absolute atomic E-state index is 13.2. The Bertz CT molecular complexity index is 2230. The first-order valence-electron chi connectivity index (χ1n) is 27.2. The minimum Gasteiger partial charge on any atom is -0.494 e. The van der Waals surface area contributed by atoms with Crippen LogP contribution < -0.4 is 18.9 Å². The lowest BCUT2D eigenvalue weighted by molar-refractivity contribution is 0.0731. The number of ether oxygens (including phenoxy) is 4. The van der Waals surface area contributed by atoms with Crippen molar-refractivity contribution in [1.29, 1.82) is 5.26 Å². The first-order chi connectivity index (χ1) is 35.4. The van der Waals surface area contributed by atoms with E-state index in [0.29, 0.717) is 11.4 Å². The summed E-state index contributed by atoms with van der Waals surface area (Å²) in [6.45, 7) is 5.97. The van der Waals surface area contributed by atoms with Gasteiger partial charge in [-0.05, 0) is 133 Å². The summed E-state index contributed by atoms with van der Waals surface area (Å²) in [6, 6.07) is 35.5. The van der Waals surface area contributed by atoms with Crippen LogP contribution >= 0.6 is 0 Å². The predicted octanol–water partition coefficient (Wildman–Crippen LogP) is 17.7. The largest absolute Gasteiger partial charge is 0.494 e. The maximum Gasteiger partial charge on any atom is 0.343 e. The second-order valence-corrected chi connectivity index (χ2v) is 18.7. The highest BCUT2D eigenvalue weighted by atomic mass is 16.5. The number of aliphatic imine (C=N–C) groups is 2. The van der Waals surface area contributed by atoms with E-state index in [9.17, 15) is 14.9 Å². The van der Waals surface area contributed by atoms with E-state index in [-0.39, 0.29) is 28.2 Å². The molecule has 0 fully saturated rings. The van der Waals surface area contributed by atoms with Crippen molar-refractivity contribution >= 4 is 35.7 Å². The zero-order valence-electron chi connectivity index (χ0n) is 43.3. The summed E-state index contributed by atoms with van der Waals surface area (Å²) in [5.41, 5.74) is 3.61. The van der Waals surface area contributed by atoms with Crippen LogP contribution in [0.3, 0.4) is 0 Å². The molecule has 0 amide bonds. The smallest absolute Gasteiger partial charge is 0.343 e. The summed E-state index contributed by atoms with van der Waals surface area (Å²) in [5.74, 6) is 0.291. The Kier molecular flexibility index (Phi) is 27.2. The summed E-state index contributed by atoms with van der Waals surface area (Å²) in [5, 5.41) is 10.0. The maximum atomic E-state index is 13.2. The first kappa shape index (κ1) is 56.4. The number of carbonyl (C=O) groups excluding carboxylic acids is 2. The van der Waals surface area contributed by atoms with Gasteiger partial charge in [0.2, 0.25) is 0 Å². The molecule has 0 radical (unpaired) electrons. The topological polar surface area (TPSA) is 120 Å². The van der Waals surface area contributed by atoms with Crippen molar-refractivity contribution in [1.82, 2.24) is 0 Å². The van der Waals surface area contributed by atoms with Crippen LogP contribution in [0, 0.1) is 11.3 Å². The quantitative estimate of drug-likeness (QED) is 0.0170. The molecule has 9 nitrogen and oxygen atoms in total. The number of esters is 2. The van der Waals surface area contributed by atoms with E-state index in [4.69, 9.17) is 18.9 Å². The zero-order valence-corrected chi connectivity index (χ0v) is 43.3. The molecule has 5 rings (SSSR count). The molecule has 5 aromatic rings. The van der Waals surface area contributed by atoms with Crippen molar-refractivity contribution in [2.75, 3.05) is 13.2 Å². The Morgan fingerprint density at radius 3 is 1.07 bits per heavy atom. The van der Waals surface area contributed by atoms with Gasteiger partial charge in [-0.2, -0.15) is 5.26 Å². The van der Waals surface area contributed by atoms with Gasteiger partial charge in [0.05, 0.1) is 35.7 Å². The monoisotopic (exact) mass is 974 g/mol. The number of hydrogen-bond acceptors (Lipinski definition) is 9. The van der Waals surface area contributed by atoms with Gasteiger partial charge in [-0.3, -0.25) is 9.98 Å². The van der Waals surface area contributed by atoms with E-state index >= 15 is 0 Å². The van der Waals surface area contributed by atoms with Crippen LogP contribution in [0.1, 0.15) is 205 Å². The average Bonchev–Trinajstić information content (AvgIpc) is 3.41. The third kappa shape index (κ3) is 22.3. The van der Waals surface area contributed by atoms with Gasteiger partial charge >= 0.3 is 11.9 Å². The van der Waals surface area contributed by atoms with Crippen LogP contribution in [0.4, 0.5) is 11.4 Å². The third-order valence-corrected chi connectivity index (χ3v) is 12.7. The molecule has 0 spiro atoms. The molecule has 0 aliphatic rings. The van der Waals surface area contributed by atoms with Gasteiger partial charge in [0.1, 0.15) is 23.1 Å². The molecule has 0 unspecified atom stereocenters. The fourth-order valence-electron chi connectivity index (χ4n) is 8.34. The van der Waals surface area contributed by atoms with Crippen molar-refractivity contribution in [3.05, 3.63) is 143 Å². The number of unbranched alkanes of at least 4 members (excludes halogenated alkanes) is 22. The summed E-state index contributed by atoms with van der Waals surface area (Å²) < 4.78 is 23.2. The lowest BCUT2D eigenvalue weighted by Crippen LogP contribution is -2.12. The average molecular weight is 974 g/mol. The summed E-state index contributed by atoms with van der Waals surface area (Å²) in [7, 11) is 0. The molecule has 0 aromatic heterocycles. The van der Waals surface area contributed by atoms with Gasteiger partial charge in [0, 0.05) is 12.4 Å². The highest BCUT2D eigenvalue weighted by Crippen LogP contribution is 2.30. The van der Waals surface area contributed by atoms with E-state index in [1.165, 1.54) is 153 Å². The Morgan fingerprint density at radius 2 is 0.750 bits per heavy atom. The fourth-order valence-corrected chi connectivity index (χ4v) is 8.34. The standard InChI is InChI=1S/C63H79N3O6/c1-3-5-7-9-11-13-15-17-19-21-23-25-46-69-57-42-30-51(31-43-57)49-65-55-38-34-53(35-39-55)62(67)71-60-28-27-29-61(59(60)48-64)72-63(68)54-36-40-56(41-37-54)66-50-52-32-44-58(45-33-52)70-47-26-24-22-20-18-16-14-12-10-8-6-4-2/h27-45,49-50H,3-26,46-47H2,1-2H3. The van der Waals surface area contributed by atoms with Crippen molar-refractivity contribution in [3.63, 3.8) is 0 Å². The van der Waals surface area contributed by atoms with Crippen molar-refractivity contribution in [2.24, 2.45) is 9.98 Å². The molecular formula is C63H79N3O6. The van der Waals surface area contributed by atoms with Crippen LogP contribution in [0.25, 0.3) is 0 Å². The zero-order chi connectivity index (χ0) is 50.7. The molecule has 72 heavy (non-hydrogen) atoms. The second-order valence-electron chi connectivity index (χ2n) is 18.7. The molecule has 0 atom stereocenters. The molecule has 0 aliphatic carbocycles. The van der Waals surface area contributed by atoms with Gasteiger partial charge in [0.15, 0.2) is 11.5 Å². The van der Waals surface area contributed by atoms with E-state index in [0.717, 1.165) is 48.7 Å². The van der Waals surface area contributed by atoms with Crippen molar-refractivity contribution in [2.45, 2.75) is 168 Å². The van der Waals surface area contributed by atoms with Crippen LogP contribution in [-0.4, -0.2) is 37.6 Å². The van der Waals surface area contributed by atoms with E-state index in [2.05, 4.69) is 23.8 Å². The number of rotatable bonds is 36. The minimum absolute atomic E-state index is 0.0275. The van der Waals surface area contributed by atoms with Crippen LogP contribution in [0.2, 0.25) is 0 Å². The molecule has 5 aromatic carbocycles. The number of carbonyl (C=O) groups is 2. The van der Waals surface area contributed by atoms with E-state index in [1.54, 1.807) is 67.0 Å². The second kappa shape index (κ2) is 34.7.